The maximum atomic E-state index is 11.4. The highest BCUT2D eigenvalue weighted by Gasteiger charge is 2.18. The quantitative estimate of drug-likeness (QED) is 0.642. The molecule has 0 bridgehead atoms. The van der Waals surface area contributed by atoms with E-state index < -0.39 is 5.97 Å². The van der Waals surface area contributed by atoms with E-state index in [-0.39, 0.29) is 18.1 Å². The molecule has 0 heterocycles. The van der Waals surface area contributed by atoms with Crippen molar-refractivity contribution in [2.75, 3.05) is 0 Å². The van der Waals surface area contributed by atoms with Crippen molar-refractivity contribution in [3.05, 3.63) is 0 Å². The molecule has 0 aromatic heterocycles. The van der Waals surface area contributed by atoms with Gasteiger partial charge in [-0.1, -0.05) is 27.2 Å². The second-order valence-corrected chi connectivity index (χ2v) is 4.11. The summed E-state index contributed by atoms with van der Waals surface area (Å²) in [6, 6.07) is 0. The molecule has 0 saturated carbocycles. The van der Waals surface area contributed by atoms with Crippen molar-refractivity contribution in [1.82, 2.24) is 0 Å². The van der Waals surface area contributed by atoms with Crippen molar-refractivity contribution < 1.29 is 14.7 Å². The summed E-state index contributed by atoms with van der Waals surface area (Å²) in [5.41, 5.74) is 0. The molecule has 0 rings (SSSR count). The maximum absolute atomic E-state index is 11.4. The average molecular weight is 200 g/mol. The Kier molecular flexibility index (Phi) is 6.17. The van der Waals surface area contributed by atoms with Gasteiger partial charge in [0.1, 0.15) is 12.2 Å². The van der Waals surface area contributed by atoms with E-state index in [9.17, 15) is 9.59 Å². The zero-order chi connectivity index (χ0) is 11.1. The van der Waals surface area contributed by atoms with Crippen LogP contribution in [0.25, 0.3) is 0 Å². The monoisotopic (exact) mass is 200 g/mol. The van der Waals surface area contributed by atoms with Crippen LogP contribution in [0.1, 0.15) is 46.5 Å². The van der Waals surface area contributed by atoms with Crippen molar-refractivity contribution in [1.29, 1.82) is 0 Å². The van der Waals surface area contributed by atoms with Gasteiger partial charge in [0.2, 0.25) is 0 Å². The molecule has 3 nitrogen and oxygen atoms in total. The molecular formula is C11H20O3. The highest BCUT2D eigenvalue weighted by molar-refractivity contribution is 5.95. The number of hydrogen-bond acceptors (Lipinski definition) is 2. The van der Waals surface area contributed by atoms with Crippen LogP contribution in [-0.4, -0.2) is 16.9 Å². The number of aliphatic carboxylic acids is 1. The molecule has 0 unspecified atom stereocenters. The summed E-state index contributed by atoms with van der Waals surface area (Å²) in [7, 11) is 0. The van der Waals surface area contributed by atoms with E-state index in [0.717, 1.165) is 19.3 Å². The fraction of sp³-hybridized carbons (Fsp3) is 0.818. The highest BCUT2D eigenvalue weighted by atomic mass is 16.4. The molecule has 0 aliphatic rings. The zero-order valence-corrected chi connectivity index (χ0v) is 9.25. The minimum Gasteiger partial charge on any atom is -0.481 e. The fourth-order valence-electron chi connectivity index (χ4n) is 1.42. The number of carbonyl (C=O) groups is 2. The van der Waals surface area contributed by atoms with E-state index in [1.54, 1.807) is 0 Å². The van der Waals surface area contributed by atoms with Gasteiger partial charge >= 0.3 is 5.97 Å². The van der Waals surface area contributed by atoms with Crippen LogP contribution >= 0.6 is 0 Å². The van der Waals surface area contributed by atoms with Crippen LogP contribution in [-0.2, 0) is 9.59 Å². The number of rotatable bonds is 7. The van der Waals surface area contributed by atoms with Crippen molar-refractivity contribution in [2.24, 2.45) is 11.8 Å². The predicted octanol–water partition coefficient (Wildman–Crippen LogP) is 2.49. The molecule has 0 aromatic carbocycles. The highest BCUT2D eigenvalue weighted by Crippen LogP contribution is 2.17. The summed E-state index contributed by atoms with van der Waals surface area (Å²) < 4.78 is 0. The first kappa shape index (κ1) is 13.1. The molecule has 0 spiro atoms. The smallest absolute Gasteiger partial charge is 0.310 e. The third kappa shape index (κ3) is 5.73. The average Bonchev–Trinajstić information content (AvgIpc) is 2.03. The van der Waals surface area contributed by atoms with Gasteiger partial charge in [0.15, 0.2) is 0 Å². The Bertz CT molecular complexity index is 197. The number of carboxylic acids is 1. The van der Waals surface area contributed by atoms with Gasteiger partial charge in [-0.2, -0.15) is 0 Å². The standard InChI is InChI=1S/C11H20O3/c1-4-9(6-5-8(2)3)10(12)7-11(13)14/h8-9H,4-7H2,1-3H3,(H,13,14)/t9-/m1/s1. The maximum Gasteiger partial charge on any atom is 0.310 e. The van der Waals surface area contributed by atoms with Crippen LogP contribution in [0.3, 0.4) is 0 Å². The fourth-order valence-corrected chi connectivity index (χ4v) is 1.42. The summed E-state index contributed by atoms with van der Waals surface area (Å²) in [5.74, 6) is -0.631. The van der Waals surface area contributed by atoms with Crippen molar-refractivity contribution >= 4 is 11.8 Å². The summed E-state index contributed by atoms with van der Waals surface area (Å²) >= 11 is 0. The first-order valence-electron chi connectivity index (χ1n) is 5.21. The zero-order valence-electron chi connectivity index (χ0n) is 9.25. The molecule has 0 aromatic rings. The number of ketones is 1. The summed E-state index contributed by atoms with van der Waals surface area (Å²) in [6.45, 7) is 6.15. The van der Waals surface area contributed by atoms with E-state index >= 15 is 0 Å². The third-order valence-electron chi connectivity index (χ3n) is 2.37. The number of hydrogen-bond donors (Lipinski definition) is 1. The van der Waals surface area contributed by atoms with Gasteiger partial charge in [-0.3, -0.25) is 9.59 Å². The van der Waals surface area contributed by atoms with Crippen LogP contribution in [0, 0.1) is 11.8 Å². The van der Waals surface area contributed by atoms with Gasteiger partial charge in [-0.25, -0.2) is 0 Å². The van der Waals surface area contributed by atoms with Crippen molar-refractivity contribution in [2.45, 2.75) is 46.5 Å². The van der Waals surface area contributed by atoms with Gasteiger partial charge in [-0.05, 0) is 18.8 Å². The minimum absolute atomic E-state index is 0.0616. The Morgan fingerprint density at radius 3 is 2.14 bits per heavy atom. The molecule has 0 aliphatic heterocycles. The lowest BCUT2D eigenvalue weighted by molar-refractivity contribution is -0.141. The van der Waals surface area contributed by atoms with Gasteiger partial charge in [0.05, 0.1) is 0 Å². The molecule has 82 valence electrons. The molecular weight excluding hydrogens is 180 g/mol. The topological polar surface area (TPSA) is 54.4 Å². The van der Waals surface area contributed by atoms with Crippen LogP contribution < -0.4 is 0 Å². The van der Waals surface area contributed by atoms with E-state index in [0.29, 0.717) is 5.92 Å². The SMILES string of the molecule is CC[C@H](CCC(C)C)C(=O)CC(=O)O. The molecule has 0 saturated heterocycles. The lowest BCUT2D eigenvalue weighted by atomic mass is 9.91. The molecule has 1 atom stereocenters. The molecule has 1 N–H and O–H groups in total. The first-order valence-corrected chi connectivity index (χ1v) is 5.21. The van der Waals surface area contributed by atoms with Gasteiger partial charge in [0, 0.05) is 5.92 Å². The van der Waals surface area contributed by atoms with E-state index in [2.05, 4.69) is 13.8 Å². The van der Waals surface area contributed by atoms with Gasteiger partial charge in [0.25, 0.3) is 0 Å². The lowest BCUT2D eigenvalue weighted by Crippen LogP contribution is -2.18. The second-order valence-electron chi connectivity index (χ2n) is 4.11. The second kappa shape index (κ2) is 6.57. The molecule has 0 amide bonds. The van der Waals surface area contributed by atoms with E-state index in [4.69, 9.17) is 5.11 Å². The molecule has 3 heteroatoms. The van der Waals surface area contributed by atoms with Crippen LogP contribution in [0.15, 0.2) is 0 Å². The lowest BCUT2D eigenvalue weighted by Gasteiger charge is -2.13. The van der Waals surface area contributed by atoms with Crippen LogP contribution in [0.2, 0.25) is 0 Å². The summed E-state index contributed by atoms with van der Waals surface area (Å²) in [4.78, 5) is 21.8. The van der Waals surface area contributed by atoms with Crippen LogP contribution in [0.5, 0.6) is 0 Å². The minimum atomic E-state index is -1.02. The Hall–Kier alpha value is -0.860. The largest absolute Gasteiger partial charge is 0.481 e. The molecule has 0 aliphatic carbocycles. The third-order valence-corrected chi connectivity index (χ3v) is 2.37. The predicted molar refractivity (Wildman–Crippen MR) is 55.1 cm³/mol. The molecule has 0 radical (unpaired) electrons. The van der Waals surface area contributed by atoms with E-state index in [1.165, 1.54) is 0 Å². The Morgan fingerprint density at radius 1 is 1.21 bits per heavy atom. The Morgan fingerprint density at radius 2 is 1.79 bits per heavy atom. The summed E-state index contributed by atoms with van der Waals surface area (Å²) in [5, 5.41) is 8.48. The van der Waals surface area contributed by atoms with Gasteiger partial charge in [-0.15, -0.1) is 0 Å². The Balaban J connectivity index is 3.99. The Labute approximate surface area is 85.5 Å². The normalized spacial score (nSPS) is 12.9. The molecule has 14 heavy (non-hydrogen) atoms. The molecule has 0 fully saturated rings. The van der Waals surface area contributed by atoms with Gasteiger partial charge < -0.3 is 5.11 Å². The van der Waals surface area contributed by atoms with Crippen molar-refractivity contribution in [3.63, 3.8) is 0 Å². The number of Topliss-reactive ketones (excluding diaryl/α,β-unsaturated/α-hetero) is 1. The van der Waals surface area contributed by atoms with Crippen molar-refractivity contribution in [3.8, 4) is 0 Å². The van der Waals surface area contributed by atoms with Crippen LogP contribution in [0.4, 0.5) is 0 Å². The summed E-state index contributed by atoms with van der Waals surface area (Å²) in [6.07, 6.45) is 2.24. The first-order chi connectivity index (χ1) is 6.47. The van der Waals surface area contributed by atoms with E-state index in [1.807, 2.05) is 6.92 Å². The number of carboxylic acid groups (broad SMARTS) is 1. The number of carbonyl (C=O) groups excluding carboxylic acids is 1.